The van der Waals surface area contributed by atoms with Gasteiger partial charge in [0.1, 0.15) is 29.4 Å². The van der Waals surface area contributed by atoms with Gasteiger partial charge >= 0.3 is 12.1 Å². The van der Waals surface area contributed by atoms with Crippen LogP contribution in [0.4, 0.5) is 4.79 Å². The van der Waals surface area contributed by atoms with Gasteiger partial charge in [-0.2, -0.15) is 0 Å². The molecule has 1 amide bonds. The predicted octanol–water partition coefficient (Wildman–Crippen LogP) is 6.47. The highest BCUT2D eigenvalue weighted by molar-refractivity contribution is 5.93. The Bertz CT molecular complexity index is 1500. The van der Waals surface area contributed by atoms with Crippen LogP contribution in [0.25, 0.3) is 5.70 Å². The van der Waals surface area contributed by atoms with E-state index in [0.717, 1.165) is 16.7 Å². The topological polar surface area (TPSA) is 112 Å². The number of ether oxygens (including phenoxy) is 3. The highest BCUT2D eigenvalue weighted by Crippen LogP contribution is 2.35. The molecule has 2 unspecified atom stereocenters. The van der Waals surface area contributed by atoms with E-state index in [1.54, 1.807) is 41.5 Å². The van der Waals surface area contributed by atoms with Crippen LogP contribution in [0.5, 0.6) is 5.75 Å². The molecule has 3 aromatic rings. The molecule has 0 bridgehead atoms. The molecule has 8 heteroatoms. The quantitative estimate of drug-likeness (QED) is 0.242. The van der Waals surface area contributed by atoms with Crippen molar-refractivity contribution in [3.63, 3.8) is 0 Å². The molecule has 4 N–H and O–H groups in total. The molecule has 2 atom stereocenters. The molecule has 0 aliphatic carbocycles. The average Bonchev–Trinajstić information content (AvgIpc) is 2.94. The molecule has 0 radical (unpaired) electrons. The zero-order valence-electron chi connectivity index (χ0n) is 26.3. The van der Waals surface area contributed by atoms with Crippen molar-refractivity contribution in [1.82, 2.24) is 10.6 Å². The molecule has 1 aliphatic heterocycles. The van der Waals surface area contributed by atoms with E-state index in [2.05, 4.69) is 10.6 Å². The van der Waals surface area contributed by atoms with Crippen molar-refractivity contribution in [3.8, 4) is 5.75 Å². The predicted molar refractivity (Wildman–Crippen MR) is 172 cm³/mol. The van der Waals surface area contributed by atoms with Gasteiger partial charge in [0.05, 0.1) is 5.57 Å². The average molecular weight is 598 g/mol. The summed E-state index contributed by atoms with van der Waals surface area (Å²) in [6, 6.07) is 26.7. The van der Waals surface area contributed by atoms with Crippen LogP contribution in [0.2, 0.25) is 0 Å². The summed E-state index contributed by atoms with van der Waals surface area (Å²) in [7, 11) is 0. The van der Waals surface area contributed by atoms with Crippen LogP contribution in [0, 0.1) is 5.92 Å². The number of alkyl carbamates (subject to hydrolysis) is 1. The SMILES string of the molecule is CC(C)(C)OC(=O)NC(Cc1ccccc1)C1C=C(c2ccccc2OCc2ccccc2)NC(N)=C1C(=O)OC(C)(C)C. The zero-order valence-corrected chi connectivity index (χ0v) is 26.3. The molecule has 0 saturated carbocycles. The molecule has 0 spiro atoms. The van der Waals surface area contributed by atoms with Gasteiger partial charge in [-0.15, -0.1) is 0 Å². The van der Waals surface area contributed by atoms with Gasteiger partial charge in [-0.3, -0.25) is 0 Å². The number of hydrogen-bond acceptors (Lipinski definition) is 7. The number of rotatable bonds is 9. The lowest BCUT2D eigenvalue weighted by atomic mass is 9.83. The molecule has 44 heavy (non-hydrogen) atoms. The minimum Gasteiger partial charge on any atom is -0.488 e. The third kappa shape index (κ3) is 9.14. The summed E-state index contributed by atoms with van der Waals surface area (Å²) in [5, 5.41) is 6.25. The molecule has 232 valence electrons. The lowest BCUT2D eigenvalue weighted by Gasteiger charge is -2.34. The van der Waals surface area contributed by atoms with Crippen molar-refractivity contribution >= 4 is 17.8 Å². The standard InChI is InChI=1S/C36H43N3O5/c1-35(2,3)43-33(40)31-27(28(21-24-15-9-7-10-16-24)39-34(41)44-36(4,5)6)22-29(38-32(31)37)26-19-13-14-20-30(26)42-23-25-17-11-8-12-18-25/h7-20,22,27-28,38H,21,23,37H2,1-6H3,(H,39,41). The summed E-state index contributed by atoms with van der Waals surface area (Å²) in [6.45, 7) is 11.2. The molecule has 1 heterocycles. The first-order chi connectivity index (χ1) is 20.8. The Hall–Kier alpha value is -4.72. The Morgan fingerprint density at radius 2 is 1.39 bits per heavy atom. The summed E-state index contributed by atoms with van der Waals surface area (Å²) in [5.41, 5.74) is 8.79. The van der Waals surface area contributed by atoms with Gasteiger partial charge in [0.25, 0.3) is 0 Å². The van der Waals surface area contributed by atoms with E-state index in [9.17, 15) is 9.59 Å². The van der Waals surface area contributed by atoms with Crippen molar-refractivity contribution in [3.05, 3.63) is 119 Å². The fourth-order valence-electron chi connectivity index (χ4n) is 4.90. The van der Waals surface area contributed by atoms with Crippen molar-refractivity contribution in [2.24, 2.45) is 11.7 Å². The van der Waals surface area contributed by atoms with Crippen molar-refractivity contribution in [1.29, 1.82) is 0 Å². The van der Waals surface area contributed by atoms with Gasteiger partial charge in [-0.25, -0.2) is 9.59 Å². The van der Waals surface area contributed by atoms with Crippen LogP contribution >= 0.6 is 0 Å². The van der Waals surface area contributed by atoms with E-state index in [1.165, 1.54) is 0 Å². The van der Waals surface area contributed by atoms with Gasteiger partial charge in [-0.1, -0.05) is 78.9 Å². The first-order valence-electron chi connectivity index (χ1n) is 14.8. The Morgan fingerprint density at radius 1 is 0.818 bits per heavy atom. The van der Waals surface area contributed by atoms with Crippen LogP contribution in [0.1, 0.15) is 58.2 Å². The molecule has 0 saturated heterocycles. The van der Waals surface area contributed by atoms with E-state index in [-0.39, 0.29) is 11.4 Å². The van der Waals surface area contributed by atoms with Crippen LogP contribution in [0.3, 0.4) is 0 Å². The van der Waals surface area contributed by atoms with E-state index in [4.69, 9.17) is 19.9 Å². The molecule has 0 fully saturated rings. The van der Waals surface area contributed by atoms with E-state index in [0.29, 0.717) is 24.5 Å². The number of nitrogens with one attached hydrogen (secondary N) is 2. The van der Waals surface area contributed by atoms with Gasteiger partial charge < -0.3 is 30.6 Å². The second-order valence-corrected chi connectivity index (χ2v) is 12.8. The molecular formula is C36H43N3O5. The fourth-order valence-corrected chi connectivity index (χ4v) is 4.90. The smallest absolute Gasteiger partial charge is 0.407 e. The lowest BCUT2D eigenvalue weighted by Crippen LogP contribution is -2.48. The third-order valence-electron chi connectivity index (χ3n) is 6.71. The molecule has 0 aromatic heterocycles. The summed E-state index contributed by atoms with van der Waals surface area (Å²) in [5.74, 6) is -0.456. The maximum atomic E-state index is 13.7. The van der Waals surface area contributed by atoms with Crippen LogP contribution in [-0.2, 0) is 27.3 Å². The summed E-state index contributed by atoms with van der Waals surface area (Å²) in [4.78, 5) is 26.8. The van der Waals surface area contributed by atoms with Crippen molar-refractivity contribution in [2.75, 3.05) is 0 Å². The normalized spacial score (nSPS) is 15.9. The number of dihydropyridines is 1. The zero-order chi connectivity index (χ0) is 31.9. The number of para-hydroxylation sites is 1. The highest BCUT2D eigenvalue weighted by atomic mass is 16.6. The second kappa shape index (κ2) is 13.7. The Morgan fingerprint density at radius 3 is 2.00 bits per heavy atom. The van der Waals surface area contributed by atoms with Crippen LogP contribution < -0.4 is 21.1 Å². The van der Waals surface area contributed by atoms with Gasteiger partial charge in [0.2, 0.25) is 0 Å². The van der Waals surface area contributed by atoms with E-state index >= 15 is 0 Å². The number of esters is 1. The maximum Gasteiger partial charge on any atom is 0.407 e. The van der Waals surface area contributed by atoms with Gasteiger partial charge in [-0.05, 0) is 71.2 Å². The number of carbonyl (C=O) groups is 2. The monoisotopic (exact) mass is 597 g/mol. The number of carbonyl (C=O) groups excluding carboxylic acids is 2. The molecule has 8 nitrogen and oxygen atoms in total. The van der Waals surface area contributed by atoms with E-state index in [1.807, 2.05) is 91.0 Å². The first-order valence-corrected chi connectivity index (χ1v) is 14.8. The third-order valence-corrected chi connectivity index (χ3v) is 6.71. The van der Waals surface area contributed by atoms with E-state index < -0.39 is 35.2 Å². The van der Waals surface area contributed by atoms with Crippen molar-refractivity contribution < 1.29 is 23.8 Å². The minimum absolute atomic E-state index is 0.142. The Kier molecular flexibility index (Phi) is 10.0. The van der Waals surface area contributed by atoms with Crippen LogP contribution in [-0.4, -0.2) is 29.3 Å². The molecule has 3 aromatic carbocycles. The molecule has 4 rings (SSSR count). The van der Waals surface area contributed by atoms with Crippen molar-refractivity contribution in [2.45, 2.75) is 71.8 Å². The van der Waals surface area contributed by atoms with Crippen LogP contribution in [0.15, 0.2) is 102 Å². The maximum absolute atomic E-state index is 13.7. The number of nitrogens with two attached hydrogens (primary N) is 1. The fraction of sp³-hybridized carbons (Fsp3) is 0.333. The minimum atomic E-state index is -0.760. The lowest BCUT2D eigenvalue weighted by molar-refractivity contribution is -0.150. The number of hydrogen-bond donors (Lipinski definition) is 3. The Labute approximate surface area is 260 Å². The largest absolute Gasteiger partial charge is 0.488 e. The second-order valence-electron chi connectivity index (χ2n) is 12.8. The number of benzene rings is 3. The summed E-state index contributed by atoms with van der Waals surface area (Å²) in [6.07, 6.45) is 1.71. The highest BCUT2D eigenvalue weighted by Gasteiger charge is 2.37. The molecule has 1 aliphatic rings. The molecular weight excluding hydrogens is 554 g/mol. The number of amides is 1. The Balaban J connectivity index is 1.77. The summed E-state index contributed by atoms with van der Waals surface area (Å²) < 4.78 is 17.7. The first kappa shape index (κ1) is 32.2. The van der Waals surface area contributed by atoms with Gasteiger partial charge in [0, 0.05) is 23.2 Å². The van der Waals surface area contributed by atoms with Gasteiger partial charge in [0.15, 0.2) is 0 Å². The summed E-state index contributed by atoms with van der Waals surface area (Å²) >= 11 is 0.